The Labute approximate surface area is 76.6 Å². The Morgan fingerprint density at radius 3 is 2.69 bits per heavy atom. The Bertz CT molecular complexity index is 318. The molecule has 0 saturated carbocycles. The first kappa shape index (κ1) is 9.74. The second-order valence-electron chi connectivity index (χ2n) is 2.88. The third-order valence-corrected chi connectivity index (χ3v) is 1.84. The molecule has 0 saturated heterocycles. The fourth-order valence-corrected chi connectivity index (χ4v) is 1.15. The molecule has 1 aromatic carbocycles. The zero-order valence-electron chi connectivity index (χ0n) is 7.45. The molecule has 1 aromatic rings. The monoisotopic (exact) mass is 180 g/mol. The first-order chi connectivity index (χ1) is 6.15. The minimum absolute atomic E-state index is 0.00538. The minimum atomic E-state index is -0.169. The number of rotatable bonds is 3. The van der Waals surface area contributed by atoms with Crippen molar-refractivity contribution in [2.45, 2.75) is 13.3 Å². The molecule has 3 heteroatoms. The van der Waals surface area contributed by atoms with E-state index >= 15 is 0 Å². The molecule has 0 amide bonds. The van der Waals surface area contributed by atoms with Crippen LogP contribution in [0.2, 0.25) is 0 Å². The number of benzene rings is 1. The summed E-state index contributed by atoms with van der Waals surface area (Å²) in [7, 11) is 0. The van der Waals surface area contributed by atoms with E-state index in [-0.39, 0.29) is 18.1 Å². The van der Waals surface area contributed by atoms with Crippen LogP contribution in [0.15, 0.2) is 18.2 Å². The average molecular weight is 180 g/mol. The van der Waals surface area contributed by atoms with Crippen LogP contribution in [0.1, 0.15) is 22.8 Å². The number of carbonyl (C=O) groups is 1. The van der Waals surface area contributed by atoms with Crippen LogP contribution in [0, 0.1) is 0 Å². The lowest BCUT2D eigenvalue weighted by Crippen LogP contribution is -1.96. The van der Waals surface area contributed by atoms with Crippen LogP contribution in [0.5, 0.6) is 5.75 Å². The van der Waals surface area contributed by atoms with E-state index in [1.54, 1.807) is 12.1 Å². The van der Waals surface area contributed by atoms with Crippen molar-refractivity contribution in [3.8, 4) is 5.75 Å². The molecule has 0 fully saturated rings. The van der Waals surface area contributed by atoms with E-state index in [0.29, 0.717) is 12.0 Å². The minimum Gasteiger partial charge on any atom is -0.507 e. The number of phenols is 1. The Kier molecular flexibility index (Phi) is 3.03. The summed E-state index contributed by atoms with van der Waals surface area (Å²) >= 11 is 0. The van der Waals surface area contributed by atoms with Gasteiger partial charge in [-0.15, -0.1) is 0 Å². The van der Waals surface area contributed by atoms with Gasteiger partial charge in [0.1, 0.15) is 5.75 Å². The van der Waals surface area contributed by atoms with Crippen molar-refractivity contribution in [2.75, 3.05) is 6.61 Å². The molecule has 2 N–H and O–H groups in total. The van der Waals surface area contributed by atoms with E-state index in [4.69, 9.17) is 5.11 Å². The van der Waals surface area contributed by atoms with Crippen LogP contribution in [-0.4, -0.2) is 22.6 Å². The van der Waals surface area contributed by atoms with Crippen LogP contribution in [0.3, 0.4) is 0 Å². The van der Waals surface area contributed by atoms with Crippen LogP contribution in [-0.2, 0) is 6.42 Å². The standard InChI is InChI=1S/C10H12O3/c1-7(12)9-6-8(4-5-11)2-3-10(9)13/h2-3,6,11,13H,4-5H2,1H3. The van der Waals surface area contributed by atoms with E-state index in [2.05, 4.69) is 0 Å². The highest BCUT2D eigenvalue weighted by atomic mass is 16.3. The Morgan fingerprint density at radius 1 is 1.46 bits per heavy atom. The Balaban J connectivity index is 3.04. The lowest BCUT2D eigenvalue weighted by atomic mass is 10.1. The molecule has 0 aromatic heterocycles. The van der Waals surface area contributed by atoms with Gasteiger partial charge in [0.25, 0.3) is 0 Å². The SMILES string of the molecule is CC(=O)c1cc(CCO)ccc1O. The number of aliphatic hydroxyl groups is 1. The first-order valence-corrected chi connectivity index (χ1v) is 4.09. The van der Waals surface area contributed by atoms with Crippen LogP contribution >= 0.6 is 0 Å². The summed E-state index contributed by atoms with van der Waals surface area (Å²) < 4.78 is 0. The third kappa shape index (κ3) is 2.29. The number of ketones is 1. The van der Waals surface area contributed by atoms with E-state index in [0.717, 1.165) is 5.56 Å². The van der Waals surface area contributed by atoms with E-state index in [1.165, 1.54) is 13.0 Å². The van der Waals surface area contributed by atoms with Crippen molar-refractivity contribution >= 4 is 5.78 Å². The molecular weight excluding hydrogens is 168 g/mol. The summed E-state index contributed by atoms with van der Waals surface area (Å²) in [6.45, 7) is 1.44. The summed E-state index contributed by atoms with van der Waals surface area (Å²) in [5.41, 5.74) is 1.16. The van der Waals surface area contributed by atoms with Gasteiger partial charge in [0.15, 0.2) is 5.78 Å². The maximum atomic E-state index is 11.0. The molecule has 0 unspecified atom stereocenters. The maximum absolute atomic E-state index is 11.0. The molecule has 13 heavy (non-hydrogen) atoms. The largest absolute Gasteiger partial charge is 0.507 e. The second-order valence-corrected chi connectivity index (χ2v) is 2.88. The van der Waals surface area contributed by atoms with Crippen molar-refractivity contribution in [3.05, 3.63) is 29.3 Å². The Hall–Kier alpha value is -1.35. The van der Waals surface area contributed by atoms with Gasteiger partial charge < -0.3 is 10.2 Å². The van der Waals surface area contributed by atoms with Crippen molar-refractivity contribution < 1.29 is 15.0 Å². The number of hydrogen-bond acceptors (Lipinski definition) is 3. The predicted molar refractivity (Wildman–Crippen MR) is 48.9 cm³/mol. The fourth-order valence-electron chi connectivity index (χ4n) is 1.15. The lowest BCUT2D eigenvalue weighted by Gasteiger charge is -2.03. The van der Waals surface area contributed by atoms with Gasteiger partial charge in [-0.05, 0) is 31.0 Å². The summed E-state index contributed by atoms with van der Waals surface area (Å²) in [4.78, 5) is 11.0. The predicted octanol–water partition coefficient (Wildman–Crippen LogP) is 1.13. The molecule has 70 valence electrons. The van der Waals surface area contributed by atoms with Crippen molar-refractivity contribution in [2.24, 2.45) is 0 Å². The summed E-state index contributed by atoms with van der Waals surface area (Å²) in [5, 5.41) is 18.0. The number of aromatic hydroxyl groups is 1. The maximum Gasteiger partial charge on any atom is 0.163 e. The van der Waals surface area contributed by atoms with Gasteiger partial charge in [-0.3, -0.25) is 4.79 Å². The Morgan fingerprint density at radius 2 is 2.15 bits per heavy atom. The molecule has 3 nitrogen and oxygen atoms in total. The van der Waals surface area contributed by atoms with Crippen LogP contribution in [0.4, 0.5) is 0 Å². The number of carbonyl (C=O) groups excluding carboxylic acids is 1. The molecule has 0 radical (unpaired) electrons. The van der Waals surface area contributed by atoms with Gasteiger partial charge in [-0.1, -0.05) is 6.07 Å². The normalized spacial score (nSPS) is 10.0. The van der Waals surface area contributed by atoms with Gasteiger partial charge in [-0.25, -0.2) is 0 Å². The van der Waals surface area contributed by atoms with Gasteiger partial charge in [0.2, 0.25) is 0 Å². The van der Waals surface area contributed by atoms with Gasteiger partial charge >= 0.3 is 0 Å². The number of aliphatic hydroxyl groups excluding tert-OH is 1. The van der Waals surface area contributed by atoms with Crippen molar-refractivity contribution in [1.82, 2.24) is 0 Å². The molecule has 0 spiro atoms. The molecule has 0 aliphatic heterocycles. The summed E-state index contributed by atoms with van der Waals surface area (Å²) in [5.74, 6) is -0.175. The second kappa shape index (κ2) is 4.05. The smallest absolute Gasteiger partial charge is 0.163 e. The summed E-state index contributed by atoms with van der Waals surface area (Å²) in [6, 6.07) is 4.77. The van der Waals surface area contributed by atoms with Gasteiger partial charge in [-0.2, -0.15) is 0 Å². The summed E-state index contributed by atoms with van der Waals surface area (Å²) in [6.07, 6.45) is 0.501. The highest BCUT2D eigenvalue weighted by molar-refractivity contribution is 5.96. The quantitative estimate of drug-likeness (QED) is 0.685. The van der Waals surface area contributed by atoms with Crippen molar-refractivity contribution in [3.63, 3.8) is 0 Å². The molecule has 0 aliphatic rings. The molecule has 1 rings (SSSR count). The highest BCUT2D eigenvalue weighted by Gasteiger charge is 2.06. The van der Waals surface area contributed by atoms with E-state index in [1.807, 2.05) is 0 Å². The molecule has 0 heterocycles. The van der Waals surface area contributed by atoms with E-state index < -0.39 is 0 Å². The fraction of sp³-hybridized carbons (Fsp3) is 0.300. The molecule has 0 atom stereocenters. The van der Waals surface area contributed by atoms with Gasteiger partial charge in [0, 0.05) is 6.61 Å². The zero-order valence-corrected chi connectivity index (χ0v) is 7.45. The zero-order chi connectivity index (χ0) is 9.84. The highest BCUT2D eigenvalue weighted by Crippen LogP contribution is 2.19. The number of Topliss-reactive ketones (excluding diaryl/α,β-unsaturated/α-hetero) is 1. The number of hydrogen-bond donors (Lipinski definition) is 2. The third-order valence-electron chi connectivity index (χ3n) is 1.84. The van der Waals surface area contributed by atoms with Crippen molar-refractivity contribution in [1.29, 1.82) is 0 Å². The topological polar surface area (TPSA) is 57.5 Å². The molecular formula is C10H12O3. The van der Waals surface area contributed by atoms with E-state index in [9.17, 15) is 9.90 Å². The average Bonchev–Trinajstić information content (AvgIpc) is 2.08. The van der Waals surface area contributed by atoms with Crippen LogP contribution in [0.25, 0.3) is 0 Å². The first-order valence-electron chi connectivity index (χ1n) is 4.09. The van der Waals surface area contributed by atoms with Gasteiger partial charge in [0.05, 0.1) is 5.56 Å². The number of phenolic OH excluding ortho intramolecular Hbond substituents is 1. The molecule has 0 aliphatic carbocycles. The molecule has 0 bridgehead atoms. The lowest BCUT2D eigenvalue weighted by molar-refractivity contribution is 0.101. The van der Waals surface area contributed by atoms with Crippen LogP contribution < -0.4 is 0 Å².